The second-order valence-electron chi connectivity index (χ2n) is 3.57. The Balaban J connectivity index is 3.51. The molecule has 0 aliphatic heterocycles. The molecule has 0 amide bonds. The van der Waals surface area contributed by atoms with Gasteiger partial charge in [0, 0.05) is 24.3 Å². The molecule has 0 fully saturated rings. The number of rotatable bonds is 3. The zero-order valence-corrected chi connectivity index (χ0v) is 9.51. The van der Waals surface area contributed by atoms with Gasteiger partial charge in [-0.25, -0.2) is 17.2 Å². The standard InChI is InChI=1S/C10H10F2O3S/c1-10(11,12)8-3-7(6-13)4-9(5-8)16(2,14)15/h3-6H,1-2H3. The van der Waals surface area contributed by atoms with Crippen molar-refractivity contribution in [1.82, 2.24) is 0 Å². The van der Waals surface area contributed by atoms with Gasteiger partial charge in [0.2, 0.25) is 0 Å². The van der Waals surface area contributed by atoms with E-state index in [1.807, 2.05) is 0 Å². The molecule has 0 unspecified atom stereocenters. The van der Waals surface area contributed by atoms with E-state index in [0.717, 1.165) is 24.5 Å². The normalized spacial score (nSPS) is 12.5. The van der Waals surface area contributed by atoms with Crippen molar-refractivity contribution in [2.75, 3.05) is 6.26 Å². The molecule has 0 heterocycles. The van der Waals surface area contributed by atoms with Gasteiger partial charge in [-0.1, -0.05) is 0 Å². The number of halogens is 2. The van der Waals surface area contributed by atoms with Gasteiger partial charge in [0.25, 0.3) is 5.92 Å². The van der Waals surface area contributed by atoms with Crippen LogP contribution in [0.3, 0.4) is 0 Å². The molecule has 16 heavy (non-hydrogen) atoms. The summed E-state index contributed by atoms with van der Waals surface area (Å²) in [4.78, 5) is 10.2. The highest BCUT2D eigenvalue weighted by Crippen LogP contribution is 2.29. The molecule has 0 aliphatic carbocycles. The predicted octanol–water partition coefficient (Wildman–Crippen LogP) is 2.01. The summed E-state index contributed by atoms with van der Waals surface area (Å²) in [5.41, 5.74) is -0.572. The summed E-state index contributed by atoms with van der Waals surface area (Å²) >= 11 is 0. The molecule has 0 spiro atoms. The van der Waals surface area contributed by atoms with Crippen molar-refractivity contribution in [3.8, 4) is 0 Å². The number of hydrogen-bond donors (Lipinski definition) is 0. The highest BCUT2D eigenvalue weighted by atomic mass is 32.2. The quantitative estimate of drug-likeness (QED) is 0.769. The van der Waals surface area contributed by atoms with Gasteiger partial charge in [-0.05, 0) is 18.2 Å². The van der Waals surface area contributed by atoms with Crippen molar-refractivity contribution in [3.63, 3.8) is 0 Å². The number of carbonyl (C=O) groups is 1. The summed E-state index contributed by atoms with van der Waals surface area (Å²) in [7, 11) is -3.61. The SMILES string of the molecule is CC(F)(F)c1cc(C=O)cc(S(C)(=O)=O)c1. The minimum absolute atomic E-state index is 0.0838. The summed E-state index contributed by atoms with van der Waals surface area (Å²) in [5.74, 6) is -3.18. The van der Waals surface area contributed by atoms with Crippen LogP contribution in [0.5, 0.6) is 0 Å². The van der Waals surface area contributed by atoms with Gasteiger partial charge in [-0.3, -0.25) is 4.79 Å². The molecule has 0 aliphatic rings. The Morgan fingerprint density at radius 3 is 2.19 bits per heavy atom. The highest BCUT2D eigenvalue weighted by Gasteiger charge is 2.26. The van der Waals surface area contributed by atoms with Crippen LogP contribution in [-0.2, 0) is 15.8 Å². The van der Waals surface area contributed by atoms with Gasteiger partial charge in [0.15, 0.2) is 9.84 Å². The number of carbonyl (C=O) groups excluding carboxylic acids is 1. The number of sulfone groups is 1. The predicted molar refractivity (Wildman–Crippen MR) is 54.5 cm³/mol. The minimum atomic E-state index is -3.61. The Bertz CT molecular complexity index is 515. The zero-order valence-electron chi connectivity index (χ0n) is 8.70. The van der Waals surface area contributed by atoms with Crippen LogP contribution in [0.2, 0.25) is 0 Å². The Labute approximate surface area is 92.0 Å². The summed E-state index contributed by atoms with van der Waals surface area (Å²) in [6, 6.07) is 2.92. The molecule has 88 valence electrons. The van der Waals surface area contributed by atoms with Crippen LogP contribution in [-0.4, -0.2) is 21.0 Å². The van der Waals surface area contributed by atoms with Crippen LogP contribution in [0.15, 0.2) is 23.1 Å². The molecule has 0 saturated heterocycles. The lowest BCUT2D eigenvalue weighted by Gasteiger charge is -2.12. The molecular formula is C10H10F2O3S. The van der Waals surface area contributed by atoms with Crippen molar-refractivity contribution < 1.29 is 22.0 Å². The van der Waals surface area contributed by atoms with E-state index in [0.29, 0.717) is 13.2 Å². The van der Waals surface area contributed by atoms with Crippen LogP contribution < -0.4 is 0 Å². The second kappa shape index (κ2) is 3.93. The Kier molecular flexibility index (Phi) is 3.14. The van der Waals surface area contributed by atoms with E-state index in [1.54, 1.807) is 0 Å². The third kappa shape index (κ3) is 2.85. The first-order valence-electron chi connectivity index (χ1n) is 4.33. The van der Waals surface area contributed by atoms with E-state index in [-0.39, 0.29) is 10.5 Å². The first-order chi connectivity index (χ1) is 7.14. The maximum absolute atomic E-state index is 13.0. The average molecular weight is 248 g/mol. The summed E-state index contributed by atoms with van der Waals surface area (Å²) in [5, 5.41) is 0. The fourth-order valence-electron chi connectivity index (χ4n) is 1.16. The molecule has 0 saturated carbocycles. The fraction of sp³-hybridized carbons (Fsp3) is 0.300. The molecular weight excluding hydrogens is 238 g/mol. The Hall–Kier alpha value is -1.30. The van der Waals surface area contributed by atoms with E-state index in [2.05, 4.69) is 0 Å². The lowest BCUT2D eigenvalue weighted by molar-refractivity contribution is 0.0172. The minimum Gasteiger partial charge on any atom is -0.298 e. The monoisotopic (exact) mass is 248 g/mol. The zero-order chi connectivity index (χ0) is 12.6. The molecule has 1 rings (SSSR count). The Morgan fingerprint density at radius 2 is 1.81 bits per heavy atom. The van der Waals surface area contributed by atoms with Gasteiger partial charge in [-0.15, -0.1) is 0 Å². The molecule has 0 atom stereocenters. The molecule has 0 radical (unpaired) electrons. The third-order valence-corrected chi connectivity index (χ3v) is 3.09. The molecule has 1 aromatic carbocycles. The van der Waals surface area contributed by atoms with Crippen LogP contribution in [0.1, 0.15) is 22.8 Å². The van der Waals surface area contributed by atoms with E-state index in [9.17, 15) is 22.0 Å². The topological polar surface area (TPSA) is 51.2 Å². The van der Waals surface area contributed by atoms with Crippen LogP contribution >= 0.6 is 0 Å². The molecule has 0 N–H and O–H groups in total. The number of alkyl halides is 2. The second-order valence-corrected chi connectivity index (χ2v) is 5.58. The maximum Gasteiger partial charge on any atom is 0.270 e. The van der Waals surface area contributed by atoms with Gasteiger partial charge in [0.05, 0.1) is 4.90 Å². The van der Waals surface area contributed by atoms with Crippen molar-refractivity contribution >= 4 is 16.1 Å². The largest absolute Gasteiger partial charge is 0.298 e. The van der Waals surface area contributed by atoms with Gasteiger partial charge >= 0.3 is 0 Å². The lowest BCUT2D eigenvalue weighted by atomic mass is 10.1. The fourth-order valence-corrected chi connectivity index (χ4v) is 1.85. The smallest absolute Gasteiger partial charge is 0.270 e. The molecule has 0 aromatic heterocycles. The Morgan fingerprint density at radius 1 is 1.25 bits per heavy atom. The molecule has 1 aromatic rings. The van der Waals surface area contributed by atoms with E-state index < -0.39 is 21.3 Å². The van der Waals surface area contributed by atoms with Crippen LogP contribution in [0, 0.1) is 0 Å². The van der Waals surface area contributed by atoms with Crippen molar-refractivity contribution in [2.45, 2.75) is 17.7 Å². The molecule has 0 bridgehead atoms. The number of aldehydes is 1. The van der Waals surface area contributed by atoms with Crippen LogP contribution in [0.25, 0.3) is 0 Å². The lowest BCUT2D eigenvalue weighted by Crippen LogP contribution is -2.10. The number of hydrogen-bond acceptors (Lipinski definition) is 3. The van der Waals surface area contributed by atoms with Gasteiger partial charge in [-0.2, -0.15) is 0 Å². The summed E-state index contributed by atoms with van der Waals surface area (Å²) in [6.07, 6.45) is 1.23. The molecule has 3 nitrogen and oxygen atoms in total. The van der Waals surface area contributed by atoms with E-state index in [1.165, 1.54) is 0 Å². The molecule has 6 heteroatoms. The third-order valence-electron chi connectivity index (χ3n) is 2.00. The number of benzene rings is 1. The van der Waals surface area contributed by atoms with Gasteiger partial charge < -0.3 is 0 Å². The van der Waals surface area contributed by atoms with Crippen molar-refractivity contribution in [1.29, 1.82) is 0 Å². The highest BCUT2D eigenvalue weighted by molar-refractivity contribution is 7.90. The first kappa shape index (κ1) is 12.8. The van der Waals surface area contributed by atoms with Crippen molar-refractivity contribution in [3.05, 3.63) is 29.3 Å². The van der Waals surface area contributed by atoms with E-state index >= 15 is 0 Å². The van der Waals surface area contributed by atoms with Gasteiger partial charge in [0.1, 0.15) is 6.29 Å². The van der Waals surface area contributed by atoms with E-state index in [4.69, 9.17) is 0 Å². The summed E-state index contributed by atoms with van der Waals surface area (Å²) < 4.78 is 48.5. The average Bonchev–Trinajstić information content (AvgIpc) is 2.14. The first-order valence-corrected chi connectivity index (χ1v) is 6.22. The maximum atomic E-state index is 13.0. The van der Waals surface area contributed by atoms with Crippen LogP contribution in [0.4, 0.5) is 8.78 Å². The summed E-state index contributed by atoms with van der Waals surface area (Å²) in [6.45, 7) is 0.642. The van der Waals surface area contributed by atoms with Crippen molar-refractivity contribution in [2.24, 2.45) is 0 Å².